The van der Waals surface area contributed by atoms with Crippen LogP contribution in [0, 0.1) is 6.92 Å². The quantitative estimate of drug-likeness (QED) is 0.921. The number of nitrogens with one attached hydrogen (secondary N) is 1. The van der Waals surface area contributed by atoms with Gasteiger partial charge in [-0.2, -0.15) is 0 Å². The molecule has 0 aliphatic carbocycles. The molecule has 1 atom stereocenters. The minimum Gasteiger partial charge on any atom is -0.368 e. The number of aryl methyl sites for hydroxylation is 1. The third-order valence-corrected chi connectivity index (χ3v) is 4.00. The molecule has 7 nitrogen and oxygen atoms in total. The molecule has 0 radical (unpaired) electrons. The van der Waals surface area contributed by atoms with E-state index in [1.165, 1.54) is 0 Å². The van der Waals surface area contributed by atoms with Crippen LogP contribution in [0.3, 0.4) is 0 Å². The van der Waals surface area contributed by atoms with Crippen LogP contribution in [0.1, 0.15) is 16.8 Å². The molecule has 1 amide bonds. The van der Waals surface area contributed by atoms with Gasteiger partial charge in [-0.05, 0) is 6.92 Å². The van der Waals surface area contributed by atoms with Crippen LogP contribution < -0.4 is 5.32 Å². The van der Waals surface area contributed by atoms with Crippen molar-refractivity contribution in [1.29, 1.82) is 0 Å². The lowest BCUT2D eigenvalue weighted by atomic mass is 10.3. The highest BCUT2D eigenvalue weighted by Gasteiger charge is 2.25. The lowest BCUT2D eigenvalue weighted by Gasteiger charge is -2.31. The van der Waals surface area contributed by atoms with Gasteiger partial charge in [0.2, 0.25) is 11.8 Å². The Bertz CT molecular complexity index is 598. The monoisotopic (exact) mass is 308 g/mol. The molecule has 0 aromatic carbocycles. The molecule has 1 saturated heterocycles. The van der Waals surface area contributed by atoms with Crippen LogP contribution in [0.4, 0.5) is 5.88 Å². The van der Waals surface area contributed by atoms with E-state index < -0.39 is 0 Å². The van der Waals surface area contributed by atoms with Crippen molar-refractivity contribution in [2.45, 2.75) is 13.0 Å². The number of carbonyl (C=O) groups is 1. The predicted octanol–water partition coefficient (Wildman–Crippen LogP) is 1.45. The molecule has 1 aliphatic rings. The fourth-order valence-corrected chi connectivity index (χ4v) is 2.87. The number of amides is 1. The third-order valence-electron chi connectivity index (χ3n) is 3.14. The maximum atomic E-state index is 12.0. The number of rotatable bonds is 4. The Morgan fingerprint density at radius 1 is 1.62 bits per heavy atom. The number of thiazole rings is 1. The lowest BCUT2D eigenvalue weighted by Crippen LogP contribution is -2.42. The van der Waals surface area contributed by atoms with E-state index >= 15 is 0 Å². The summed E-state index contributed by atoms with van der Waals surface area (Å²) in [6.45, 7) is 4.09. The summed E-state index contributed by atoms with van der Waals surface area (Å²) in [6, 6.07) is 1.69. The van der Waals surface area contributed by atoms with Crippen molar-refractivity contribution in [2.24, 2.45) is 0 Å². The van der Waals surface area contributed by atoms with Crippen LogP contribution in [0.2, 0.25) is 0 Å². The van der Waals surface area contributed by atoms with Gasteiger partial charge in [-0.3, -0.25) is 15.0 Å². The molecular weight excluding hydrogens is 292 g/mol. The molecule has 112 valence electrons. The van der Waals surface area contributed by atoms with Gasteiger partial charge in [0.25, 0.3) is 0 Å². The van der Waals surface area contributed by atoms with Crippen molar-refractivity contribution >= 4 is 23.1 Å². The van der Waals surface area contributed by atoms with Gasteiger partial charge in [-0.25, -0.2) is 4.98 Å². The zero-order chi connectivity index (χ0) is 14.7. The van der Waals surface area contributed by atoms with Gasteiger partial charge in [0.1, 0.15) is 11.1 Å². The van der Waals surface area contributed by atoms with E-state index in [2.05, 4.69) is 15.5 Å². The van der Waals surface area contributed by atoms with E-state index in [-0.39, 0.29) is 12.0 Å². The summed E-state index contributed by atoms with van der Waals surface area (Å²) in [5, 5.41) is 9.31. The highest BCUT2D eigenvalue weighted by Crippen LogP contribution is 2.23. The van der Waals surface area contributed by atoms with Crippen LogP contribution in [0.15, 0.2) is 22.2 Å². The highest BCUT2D eigenvalue weighted by atomic mass is 32.1. The predicted molar refractivity (Wildman–Crippen MR) is 77.1 cm³/mol. The molecule has 1 N–H and O–H groups in total. The van der Waals surface area contributed by atoms with Crippen molar-refractivity contribution in [3.8, 4) is 0 Å². The molecule has 0 unspecified atom stereocenters. The Morgan fingerprint density at radius 3 is 3.24 bits per heavy atom. The van der Waals surface area contributed by atoms with Crippen molar-refractivity contribution in [3.63, 3.8) is 0 Å². The zero-order valence-corrected chi connectivity index (χ0v) is 12.4. The summed E-state index contributed by atoms with van der Waals surface area (Å²) < 4.78 is 10.7. The second-order valence-corrected chi connectivity index (χ2v) is 5.77. The van der Waals surface area contributed by atoms with Gasteiger partial charge < -0.3 is 9.26 Å². The van der Waals surface area contributed by atoms with Crippen molar-refractivity contribution in [1.82, 2.24) is 15.0 Å². The summed E-state index contributed by atoms with van der Waals surface area (Å²) >= 11 is 1.57. The standard InChI is InChI=1S/C13H16N4O3S/c1-9-6-12(20-16-9)15-11(18)8-17-3-4-19-10(7-17)13-14-2-5-21-13/h2,5-6,10H,3-4,7-8H2,1H3,(H,15,18)/t10-/m1/s1. The van der Waals surface area contributed by atoms with Crippen molar-refractivity contribution in [2.75, 3.05) is 31.6 Å². The van der Waals surface area contributed by atoms with Gasteiger partial charge in [0.05, 0.1) is 18.8 Å². The zero-order valence-electron chi connectivity index (χ0n) is 11.6. The topological polar surface area (TPSA) is 80.5 Å². The number of ether oxygens (including phenoxy) is 1. The molecule has 1 aliphatic heterocycles. The number of morpholine rings is 1. The van der Waals surface area contributed by atoms with Crippen LogP contribution in [-0.4, -0.2) is 47.2 Å². The van der Waals surface area contributed by atoms with Crippen LogP contribution in [-0.2, 0) is 9.53 Å². The smallest absolute Gasteiger partial charge is 0.240 e. The molecule has 3 heterocycles. The fraction of sp³-hybridized carbons (Fsp3) is 0.462. The average Bonchev–Trinajstić information content (AvgIpc) is 3.11. The van der Waals surface area contributed by atoms with E-state index in [0.717, 1.165) is 17.2 Å². The van der Waals surface area contributed by atoms with Gasteiger partial charge in [0, 0.05) is 30.7 Å². The molecule has 3 rings (SSSR count). The van der Waals surface area contributed by atoms with Crippen molar-refractivity contribution < 1.29 is 14.1 Å². The van der Waals surface area contributed by atoms with Gasteiger partial charge in [-0.15, -0.1) is 11.3 Å². The van der Waals surface area contributed by atoms with E-state index in [1.807, 2.05) is 10.3 Å². The number of aromatic nitrogens is 2. The molecular formula is C13H16N4O3S. The molecule has 0 saturated carbocycles. The third kappa shape index (κ3) is 3.66. The molecule has 1 fully saturated rings. The first-order chi connectivity index (χ1) is 10.2. The summed E-state index contributed by atoms with van der Waals surface area (Å²) in [5.74, 6) is 0.258. The molecule has 8 heteroatoms. The first-order valence-corrected chi connectivity index (χ1v) is 7.55. The Hall–Kier alpha value is -1.77. The Labute approximate surface area is 125 Å². The Balaban J connectivity index is 1.53. The van der Waals surface area contributed by atoms with E-state index in [0.29, 0.717) is 25.6 Å². The molecule has 21 heavy (non-hydrogen) atoms. The van der Waals surface area contributed by atoms with Gasteiger partial charge in [0.15, 0.2) is 0 Å². The number of nitrogens with zero attached hydrogens (tertiary/aromatic N) is 3. The maximum Gasteiger partial charge on any atom is 0.240 e. The minimum atomic E-state index is -0.120. The Morgan fingerprint density at radius 2 is 2.52 bits per heavy atom. The maximum absolute atomic E-state index is 12.0. The van der Waals surface area contributed by atoms with Crippen LogP contribution >= 0.6 is 11.3 Å². The Kier molecular flexibility index (Phi) is 4.28. The molecule has 0 bridgehead atoms. The summed E-state index contributed by atoms with van der Waals surface area (Å²) in [6.07, 6.45) is 1.71. The molecule has 2 aromatic heterocycles. The summed E-state index contributed by atoms with van der Waals surface area (Å²) in [4.78, 5) is 18.3. The second-order valence-electron chi connectivity index (χ2n) is 4.85. The molecule has 2 aromatic rings. The minimum absolute atomic E-state index is 0.0564. The number of carbonyl (C=O) groups excluding carboxylic acids is 1. The number of hydrogen-bond donors (Lipinski definition) is 1. The lowest BCUT2D eigenvalue weighted by molar-refractivity contribution is -0.119. The van der Waals surface area contributed by atoms with Crippen LogP contribution in [0.5, 0.6) is 0 Å². The van der Waals surface area contributed by atoms with Gasteiger partial charge >= 0.3 is 0 Å². The highest BCUT2D eigenvalue weighted by molar-refractivity contribution is 7.09. The first kappa shape index (κ1) is 14.2. The largest absolute Gasteiger partial charge is 0.368 e. The SMILES string of the molecule is Cc1cc(NC(=O)CN2CCO[C@@H](c3nccs3)C2)on1. The average molecular weight is 308 g/mol. The van der Waals surface area contributed by atoms with E-state index in [1.54, 1.807) is 30.5 Å². The van der Waals surface area contributed by atoms with Gasteiger partial charge in [-0.1, -0.05) is 5.16 Å². The number of anilines is 1. The summed E-state index contributed by atoms with van der Waals surface area (Å²) in [5.41, 5.74) is 0.737. The first-order valence-electron chi connectivity index (χ1n) is 6.67. The second kappa shape index (κ2) is 6.33. The molecule has 0 spiro atoms. The van der Waals surface area contributed by atoms with Crippen LogP contribution in [0.25, 0.3) is 0 Å². The summed E-state index contributed by atoms with van der Waals surface area (Å²) in [7, 11) is 0. The van der Waals surface area contributed by atoms with E-state index in [4.69, 9.17) is 9.26 Å². The number of hydrogen-bond acceptors (Lipinski definition) is 7. The fourth-order valence-electron chi connectivity index (χ4n) is 2.19. The normalized spacial score (nSPS) is 19.6. The van der Waals surface area contributed by atoms with Crippen molar-refractivity contribution in [3.05, 3.63) is 28.3 Å². The van der Waals surface area contributed by atoms with E-state index in [9.17, 15) is 4.79 Å².